The molecule has 0 spiro atoms. The van der Waals surface area contributed by atoms with E-state index in [0.29, 0.717) is 12.0 Å². The third-order valence-corrected chi connectivity index (χ3v) is 4.96. The number of guanidine groups is 1. The van der Waals surface area contributed by atoms with Gasteiger partial charge in [0.15, 0.2) is 5.96 Å². The quantitative estimate of drug-likeness (QED) is 0.592. The summed E-state index contributed by atoms with van der Waals surface area (Å²) in [5.41, 5.74) is 1.34. The van der Waals surface area contributed by atoms with E-state index in [9.17, 15) is 0 Å². The molecule has 0 aromatic heterocycles. The fraction of sp³-hybridized carbons (Fsp3) is 0.650. The van der Waals surface area contributed by atoms with Gasteiger partial charge in [-0.2, -0.15) is 0 Å². The lowest BCUT2D eigenvalue weighted by atomic mass is 10.0. The molecule has 1 aromatic carbocycles. The molecule has 0 aliphatic carbocycles. The van der Waals surface area contributed by atoms with Crippen molar-refractivity contribution >= 4 is 11.6 Å². The van der Waals surface area contributed by atoms with E-state index in [0.717, 1.165) is 45.0 Å². The van der Waals surface area contributed by atoms with Crippen LogP contribution in [0, 0.1) is 5.92 Å². The highest BCUT2D eigenvalue weighted by atomic mass is 15.2. The Morgan fingerprint density at radius 1 is 1.12 bits per heavy atom. The van der Waals surface area contributed by atoms with Gasteiger partial charge >= 0.3 is 0 Å². The lowest BCUT2D eigenvalue weighted by Crippen LogP contribution is -2.48. The third kappa shape index (κ3) is 5.73. The van der Waals surface area contributed by atoms with Crippen molar-refractivity contribution in [2.75, 3.05) is 31.1 Å². The second-order valence-corrected chi connectivity index (χ2v) is 6.64. The van der Waals surface area contributed by atoms with Crippen LogP contribution in [0.2, 0.25) is 0 Å². The van der Waals surface area contributed by atoms with Crippen LogP contribution in [0.4, 0.5) is 5.69 Å². The van der Waals surface area contributed by atoms with E-state index < -0.39 is 0 Å². The molecule has 4 nitrogen and oxygen atoms in total. The topological polar surface area (TPSA) is 39.7 Å². The van der Waals surface area contributed by atoms with Gasteiger partial charge in [-0.25, -0.2) is 0 Å². The Hall–Kier alpha value is -1.71. The summed E-state index contributed by atoms with van der Waals surface area (Å²) in [7, 11) is 0. The Bertz CT molecular complexity index is 474. The predicted octanol–water partition coefficient (Wildman–Crippen LogP) is 3.65. The second-order valence-electron chi connectivity index (χ2n) is 6.64. The van der Waals surface area contributed by atoms with Crippen molar-refractivity contribution in [3.63, 3.8) is 0 Å². The van der Waals surface area contributed by atoms with Crippen molar-refractivity contribution < 1.29 is 0 Å². The van der Waals surface area contributed by atoms with Crippen LogP contribution >= 0.6 is 0 Å². The number of hydrogen-bond acceptors (Lipinski definition) is 2. The number of aliphatic imine (C=N–C) groups is 1. The number of nitrogens with one attached hydrogen (secondary N) is 2. The summed E-state index contributed by atoms with van der Waals surface area (Å²) in [6, 6.07) is 11.2. The van der Waals surface area contributed by atoms with Crippen LogP contribution in [0.3, 0.4) is 0 Å². The largest absolute Gasteiger partial charge is 0.371 e. The van der Waals surface area contributed by atoms with Gasteiger partial charge in [0, 0.05) is 37.9 Å². The molecule has 0 amide bonds. The highest BCUT2D eigenvalue weighted by molar-refractivity contribution is 5.80. The Kier molecular flexibility index (Phi) is 7.93. The number of hydrogen-bond donors (Lipinski definition) is 2. The molecule has 0 unspecified atom stereocenters. The predicted molar refractivity (Wildman–Crippen MR) is 105 cm³/mol. The summed E-state index contributed by atoms with van der Waals surface area (Å²) in [6.45, 7) is 10.7. The van der Waals surface area contributed by atoms with E-state index in [1.807, 2.05) is 0 Å². The van der Waals surface area contributed by atoms with Gasteiger partial charge in [0.1, 0.15) is 0 Å². The van der Waals surface area contributed by atoms with Gasteiger partial charge in [-0.1, -0.05) is 44.9 Å². The number of nitrogens with zero attached hydrogens (tertiary/aromatic N) is 2. The van der Waals surface area contributed by atoms with Crippen molar-refractivity contribution in [2.45, 2.75) is 52.5 Å². The maximum absolute atomic E-state index is 4.81. The summed E-state index contributed by atoms with van der Waals surface area (Å²) < 4.78 is 0. The monoisotopic (exact) mass is 330 g/mol. The van der Waals surface area contributed by atoms with Crippen LogP contribution < -0.4 is 15.5 Å². The first-order chi connectivity index (χ1) is 11.8. The zero-order valence-corrected chi connectivity index (χ0v) is 15.6. The minimum atomic E-state index is 0.518. The van der Waals surface area contributed by atoms with Crippen molar-refractivity contribution in [3.8, 4) is 0 Å². The molecule has 0 radical (unpaired) electrons. The fourth-order valence-electron chi connectivity index (χ4n) is 3.20. The highest BCUT2D eigenvalue weighted by Crippen LogP contribution is 2.19. The standard InChI is InChI=1S/C20H34N4/c1-4-17(5-2)16-22-20(21-6-3)23-18-12-14-24(15-13-18)19-10-8-7-9-11-19/h7-11,17-18H,4-6,12-16H2,1-3H3,(H2,21,22,23). The van der Waals surface area contributed by atoms with Crippen LogP contribution in [0.5, 0.6) is 0 Å². The van der Waals surface area contributed by atoms with Gasteiger partial charge in [0.2, 0.25) is 0 Å². The van der Waals surface area contributed by atoms with Gasteiger partial charge in [-0.15, -0.1) is 0 Å². The van der Waals surface area contributed by atoms with E-state index in [1.54, 1.807) is 0 Å². The molecule has 1 heterocycles. The van der Waals surface area contributed by atoms with Gasteiger partial charge in [-0.3, -0.25) is 4.99 Å². The second kappa shape index (κ2) is 10.2. The molecule has 1 aliphatic heterocycles. The van der Waals surface area contributed by atoms with Gasteiger partial charge in [-0.05, 0) is 37.8 Å². The molecule has 2 rings (SSSR count). The third-order valence-electron chi connectivity index (χ3n) is 4.96. The van der Waals surface area contributed by atoms with E-state index >= 15 is 0 Å². The smallest absolute Gasteiger partial charge is 0.191 e. The minimum absolute atomic E-state index is 0.518. The lowest BCUT2D eigenvalue weighted by Gasteiger charge is -2.34. The van der Waals surface area contributed by atoms with E-state index in [2.05, 4.69) is 66.6 Å². The molecule has 1 aromatic rings. The number of anilines is 1. The van der Waals surface area contributed by atoms with Crippen LogP contribution in [0.25, 0.3) is 0 Å². The Labute approximate surface area is 147 Å². The van der Waals surface area contributed by atoms with Gasteiger partial charge in [0.25, 0.3) is 0 Å². The molecule has 24 heavy (non-hydrogen) atoms. The molecule has 0 atom stereocenters. The number of piperidine rings is 1. The number of para-hydroxylation sites is 1. The first-order valence-electron chi connectivity index (χ1n) is 9.61. The highest BCUT2D eigenvalue weighted by Gasteiger charge is 2.20. The summed E-state index contributed by atoms with van der Waals surface area (Å²) in [5, 5.41) is 7.05. The number of rotatable bonds is 7. The van der Waals surface area contributed by atoms with Crippen molar-refractivity contribution in [1.82, 2.24) is 10.6 Å². The number of benzene rings is 1. The molecule has 4 heteroatoms. The van der Waals surface area contributed by atoms with Crippen molar-refractivity contribution in [1.29, 1.82) is 0 Å². The Balaban J connectivity index is 1.84. The molecule has 134 valence electrons. The zero-order chi connectivity index (χ0) is 17.2. The van der Waals surface area contributed by atoms with Crippen LogP contribution in [-0.2, 0) is 0 Å². The normalized spacial score (nSPS) is 16.5. The van der Waals surface area contributed by atoms with Crippen molar-refractivity contribution in [3.05, 3.63) is 30.3 Å². The van der Waals surface area contributed by atoms with Crippen molar-refractivity contribution in [2.24, 2.45) is 10.9 Å². The van der Waals surface area contributed by atoms with E-state index in [1.165, 1.54) is 18.5 Å². The summed E-state index contributed by atoms with van der Waals surface area (Å²) >= 11 is 0. The van der Waals surface area contributed by atoms with Crippen LogP contribution in [0.15, 0.2) is 35.3 Å². The first kappa shape index (κ1) is 18.6. The molecule has 1 fully saturated rings. The zero-order valence-electron chi connectivity index (χ0n) is 15.6. The average Bonchev–Trinajstić information content (AvgIpc) is 2.64. The maximum Gasteiger partial charge on any atom is 0.191 e. The Morgan fingerprint density at radius 2 is 1.79 bits per heavy atom. The molecule has 1 saturated heterocycles. The maximum atomic E-state index is 4.81. The van der Waals surface area contributed by atoms with Crippen LogP contribution in [-0.4, -0.2) is 38.2 Å². The van der Waals surface area contributed by atoms with E-state index in [-0.39, 0.29) is 0 Å². The molecule has 0 bridgehead atoms. The Morgan fingerprint density at radius 3 is 2.38 bits per heavy atom. The fourth-order valence-corrected chi connectivity index (χ4v) is 3.20. The SMILES string of the molecule is CCNC(=NCC(CC)CC)NC1CCN(c2ccccc2)CC1. The average molecular weight is 331 g/mol. The van der Waals surface area contributed by atoms with E-state index in [4.69, 9.17) is 4.99 Å². The lowest BCUT2D eigenvalue weighted by molar-refractivity contribution is 0.458. The summed E-state index contributed by atoms with van der Waals surface area (Å²) in [5.74, 6) is 1.68. The molecule has 1 aliphatic rings. The molecular formula is C20H34N4. The first-order valence-corrected chi connectivity index (χ1v) is 9.61. The minimum Gasteiger partial charge on any atom is -0.371 e. The molecule has 0 saturated carbocycles. The molecule has 2 N–H and O–H groups in total. The summed E-state index contributed by atoms with van der Waals surface area (Å²) in [6.07, 6.45) is 4.72. The molecular weight excluding hydrogens is 296 g/mol. The van der Waals surface area contributed by atoms with Gasteiger partial charge in [0.05, 0.1) is 0 Å². The van der Waals surface area contributed by atoms with Gasteiger partial charge < -0.3 is 15.5 Å². The summed E-state index contributed by atoms with van der Waals surface area (Å²) in [4.78, 5) is 7.29. The van der Waals surface area contributed by atoms with Crippen LogP contribution in [0.1, 0.15) is 46.5 Å².